The second kappa shape index (κ2) is 9.88. The van der Waals surface area contributed by atoms with Gasteiger partial charge in [0.2, 0.25) is 11.8 Å². The van der Waals surface area contributed by atoms with E-state index in [2.05, 4.69) is 20.8 Å². The summed E-state index contributed by atoms with van der Waals surface area (Å²) in [5.74, 6) is 0.194. The molecule has 0 fully saturated rings. The summed E-state index contributed by atoms with van der Waals surface area (Å²) in [6.07, 6.45) is 0.0246. The van der Waals surface area contributed by atoms with Crippen molar-refractivity contribution >= 4 is 35.0 Å². The molecular weight excluding hydrogens is 409 g/mol. The van der Waals surface area contributed by atoms with E-state index < -0.39 is 5.82 Å². The molecule has 156 valence electrons. The van der Waals surface area contributed by atoms with Gasteiger partial charge in [-0.2, -0.15) is 0 Å². The summed E-state index contributed by atoms with van der Waals surface area (Å²) < 4.78 is 20.0. The number of methoxy groups -OCH3 is 1. The van der Waals surface area contributed by atoms with E-state index in [1.165, 1.54) is 30.0 Å². The topological polar surface area (TPSA) is 98.1 Å². The smallest absolute Gasteiger partial charge is 0.234 e. The Hall–Kier alpha value is -3.40. The quantitative estimate of drug-likeness (QED) is 0.535. The van der Waals surface area contributed by atoms with Crippen molar-refractivity contribution in [3.63, 3.8) is 0 Å². The van der Waals surface area contributed by atoms with E-state index in [1.54, 1.807) is 49.1 Å². The number of anilines is 2. The first-order chi connectivity index (χ1) is 14.4. The minimum atomic E-state index is -0.425. The van der Waals surface area contributed by atoms with Gasteiger partial charge < -0.3 is 19.9 Å². The SMILES string of the molecule is COc1cccc(NC(=O)Cc2nnc(SCC(=O)Nc3cccc(F)c3)n2C)c1. The number of nitrogens with one attached hydrogen (secondary N) is 2. The van der Waals surface area contributed by atoms with Gasteiger partial charge >= 0.3 is 0 Å². The number of ether oxygens (including phenoxy) is 1. The molecule has 1 aromatic heterocycles. The highest BCUT2D eigenvalue weighted by atomic mass is 32.2. The van der Waals surface area contributed by atoms with E-state index in [1.807, 2.05) is 0 Å². The Kier molecular flexibility index (Phi) is 7.02. The standard InChI is InChI=1S/C20H20FN5O3S/c1-26-17(11-18(27)22-15-7-4-8-16(10-15)29-2)24-25-20(26)30-12-19(28)23-14-6-3-5-13(21)9-14/h3-10H,11-12H2,1-2H3,(H,22,27)(H,23,28). The van der Waals surface area contributed by atoms with E-state index >= 15 is 0 Å². The zero-order valence-electron chi connectivity index (χ0n) is 16.4. The van der Waals surface area contributed by atoms with Crippen molar-refractivity contribution in [2.45, 2.75) is 11.6 Å². The summed E-state index contributed by atoms with van der Waals surface area (Å²) in [5, 5.41) is 14.0. The molecule has 2 aromatic carbocycles. The van der Waals surface area contributed by atoms with Crippen LogP contribution in [0.15, 0.2) is 53.7 Å². The molecule has 3 aromatic rings. The fourth-order valence-corrected chi connectivity index (χ4v) is 3.30. The van der Waals surface area contributed by atoms with Crippen molar-refractivity contribution in [1.82, 2.24) is 14.8 Å². The third-order valence-electron chi connectivity index (χ3n) is 4.04. The molecule has 0 saturated heterocycles. The molecule has 30 heavy (non-hydrogen) atoms. The van der Waals surface area contributed by atoms with E-state index in [0.717, 1.165) is 0 Å². The second-order valence-electron chi connectivity index (χ2n) is 6.26. The van der Waals surface area contributed by atoms with Gasteiger partial charge in [0.15, 0.2) is 5.16 Å². The number of carbonyl (C=O) groups excluding carboxylic acids is 2. The Balaban J connectivity index is 1.53. The van der Waals surface area contributed by atoms with Crippen molar-refractivity contribution in [2.75, 3.05) is 23.5 Å². The van der Waals surface area contributed by atoms with Gasteiger partial charge in [0.05, 0.1) is 19.3 Å². The van der Waals surface area contributed by atoms with Gasteiger partial charge in [-0.3, -0.25) is 9.59 Å². The van der Waals surface area contributed by atoms with Crippen LogP contribution in [0, 0.1) is 5.82 Å². The zero-order valence-corrected chi connectivity index (χ0v) is 17.2. The number of amides is 2. The van der Waals surface area contributed by atoms with Crippen LogP contribution in [0.25, 0.3) is 0 Å². The number of benzene rings is 2. The van der Waals surface area contributed by atoms with Crippen LogP contribution in [0.2, 0.25) is 0 Å². The minimum absolute atomic E-state index is 0.0246. The number of carbonyl (C=O) groups is 2. The monoisotopic (exact) mass is 429 g/mol. The number of rotatable bonds is 8. The molecule has 0 radical (unpaired) electrons. The van der Waals surface area contributed by atoms with Gasteiger partial charge in [-0.05, 0) is 30.3 Å². The van der Waals surface area contributed by atoms with Crippen LogP contribution in [0.5, 0.6) is 5.75 Å². The molecule has 0 aliphatic rings. The number of thioether (sulfide) groups is 1. The van der Waals surface area contributed by atoms with E-state index in [0.29, 0.717) is 28.1 Å². The number of halogens is 1. The van der Waals surface area contributed by atoms with Crippen molar-refractivity contribution in [3.05, 3.63) is 60.2 Å². The van der Waals surface area contributed by atoms with Crippen LogP contribution in [-0.2, 0) is 23.1 Å². The number of aromatic nitrogens is 3. The van der Waals surface area contributed by atoms with Crippen LogP contribution < -0.4 is 15.4 Å². The average molecular weight is 429 g/mol. The third kappa shape index (κ3) is 5.80. The second-order valence-corrected chi connectivity index (χ2v) is 7.20. The maximum Gasteiger partial charge on any atom is 0.234 e. The zero-order chi connectivity index (χ0) is 21.5. The summed E-state index contributed by atoms with van der Waals surface area (Å²) in [6.45, 7) is 0. The number of nitrogens with zero attached hydrogens (tertiary/aromatic N) is 3. The Morgan fingerprint density at radius 3 is 2.50 bits per heavy atom. The minimum Gasteiger partial charge on any atom is -0.497 e. The maximum atomic E-state index is 13.2. The largest absolute Gasteiger partial charge is 0.497 e. The highest BCUT2D eigenvalue weighted by Gasteiger charge is 2.15. The molecule has 2 amide bonds. The van der Waals surface area contributed by atoms with Gasteiger partial charge in [-0.1, -0.05) is 23.9 Å². The Morgan fingerprint density at radius 2 is 1.77 bits per heavy atom. The van der Waals surface area contributed by atoms with Crippen LogP contribution in [-0.4, -0.2) is 39.4 Å². The third-order valence-corrected chi connectivity index (χ3v) is 5.06. The summed E-state index contributed by atoms with van der Waals surface area (Å²) in [4.78, 5) is 24.4. The van der Waals surface area contributed by atoms with E-state index in [9.17, 15) is 14.0 Å². The fraction of sp³-hybridized carbons (Fsp3) is 0.200. The van der Waals surface area contributed by atoms with Crippen molar-refractivity contribution in [2.24, 2.45) is 7.05 Å². The first kappa shape index (κ1) is 21.3. The van der Waals surface area contributed by atoms with Crippen molar-refractivity contribution < 1.29 is 18.7 Å². The van der Waals surface area contributed by atoms with Crippen LogP contribution in [0.4, 0.5) is 15.8 Å². The van der Waals surface area contributed by atoms with Crippen LogP contribution in [0.1, 0.15) is 5.82 Å². The number of hydrogen-bond acceptors (Lipinski definition) is 6. The van der Waals surface area contributed by atoms with Gasteiger partial charge in [-0.15, -0.1) is 10.2 Å². The molecule has 0 aliphatic carbocycles. The molecule has 1 heterocycles. The van der Waals surface area contributed by atoms with Gasteiger partial charge in [0.1, 0.15) is 17.4 Å². The lowest BCUT2D eigenvalue weighted by atomic mass is 10.3. The number of hydrogen-bond donors (Lipinski definition) is 2. The first-order valence-electron chi connectivity index (χ1n) is 8.95. The predicted molar refractivity (Wildman–Crippen MR) is 112 cm³/mol. The van der Waals surface area contributed by atoms with E-state index in [-0.39, 0.29) is 24.0 Å². The molecule has 2 N–H and O–H groups in total. The molecule has 0 spiro atoms. The normalized spacial score (nSPS) is 10.5. The van der Waals surface area contributed by atoms with E-state index in [4.69, 9.17) is 4.74 Å². The molecule has 0 unspecified atom stereocenters. The first-order valence-corrected chi connectivity index (χ1v) is 9.93. The molecule has 0 aliphatic heterocycles. The highest BCUT2D eigenvalue weighted by Crippen LogP contribution is 2.19. The molecule has 0 atom stereocenters. The Morgan fingerprint density at radius 1 is 1.07 bits per heavy atom. The predicted octanol–water partition coefficient (Wildman–Crippen LogP) is 2.87. The summed E-state index contributed by atoms with van der Waals surface area (Å²) in [7, 11) is 3.28. The van der Waals surface area contributed by atoms with Gasteiger partial charge in [-0.25, -0.2) is 4.39 Å². The van der Waals surface area contributed by atoms with Crippen LogP contribution in [0.3, 0.4) is 0 Å². The molecule has 8 nitrogen and oxygen atoms in total. The lowest BCUT2D eigenvalue weighted by Crippen LogP contribution is -2.17. The van der Waals surface area contributed by atoms with Gasteiger partial charge in [0, 0.05) is 24.5 Å². The Labute approximate surface area is 176 Å². The molecule has 0 saturated carbocycles. The molecular formula is C20H20FN5O3S. The van der Waals surface area contributed by atoms with Crippen molar-refractivity contribution in [3.8, 4) is 5.75 Å². The molecule has 10 heteroatoms. The van der Waals surface area contributed by atoms with Gasteiger partial charge in [0.25, 0.3) is 0 Å². The molecule has 3 rings (SSSR count). The highest BCUT2D eigenvalue weighted by molar-refractivity contribution is 7.99. The summed E-state index contributed by atoms with van der Waals surface area (Å²) >= 11 is 1.17. The maximum absolute atomic E-state index is 13.2. The fourth-order valence-electron chi connectivity index (χ4n) is 2.57. The lowest BCUT2D eigenvalue weighted by molar-refractivity contribution is -0.116. The molecule has 0 bridgehead atoms. The summed E-state index contributed by atoms with van der Waals surface area (Å²) in [5.41, 5.74) is 0.999. The lowest BCUT2D eigenvalue weighted by Gasteiger charge is -2.07. The average Bonchev–Trinajstić information content (AvgIpc) is 3.06. The Bertz CT molecular complexity index is 1060. The van der Waals surface area contributed by atoms with Crippen LogP contribution >= 0.6 is 11.8 Å². The van der Waals surface area contributed by atoms with Crippen molar-refractivity contribution in [1.29, 1.82) is 0 Å². The summed E-state index contributed by atoms with van der Waals surface area (Å²) in [6, 6.07) is 12.7.